The molecule has 0 aliphatic rings. The maximum atomic E-state index is 5.53. The predicted octanol–water partition coefficient (Wildman–Crippen LogP) is 16.8. The zero-order chi connectivity index (χ0) is 43.6. The number of para-hydroxylation sites is 1. The molecular formula is C63H39N3. The summed E-state index contributed by atoms with van der Waals surface area (Å²) in [5, 5.41) is 12.9. The topological polar surface area (TPSA) is 38.7 Å². The monoisotopic (exact) mass is 837 g/mol. The summed E-state index contributed by atoms with van der Waals surface area (Å²) in [6.45, 7) is 0. The van der Waals surface area contributed by atoms with Crippen LogP contribution in [0.15, 0.2) is 237 Å². The van der Waals surface area contributed by atoms with Gasteiger partial charge in [-0.3, -0.25) is 0 Å². The largest absolute Gasteiger partial charge is 0.247 e. The lowest BCUT2D eigenvalue weighted by Gasteiger charge is -2.19. The molecule has 0 saturated carbocycles. The Hall–Kier alpha value is -8.79. The van der Waals surface area contributed by atoms with Crippen LogP contribution in [0.25, 0.3) is 132 Å². The van der Waals surface area contributed by atoms with Crippen molar-refractivity contribution in [1.82, 2.24) is 15.0 Å². The van der Waals surface area contributed by atoms with E-state index in [-0.39, 0.29) is 0 Å². The van der Waals surface area contributed by atoms with Crippen LogP contribution in [0.1, 0.15) is 0 Å². The van der Waals surface area contributed by atoms with Crippen LogP contribution < -0.4 is 0 Å². The molecule has 13 aromatic rings. The lowest BCUT2D eigenvalue weighted by molar-refractivity contribution is 1.19. The number of aromatic nitrogens is 3. The van der Waals surface area contributed by atoms with Crippen molar-refractivity contribution < 1.29 is 0 Å². The average Bonchev–Trinajstić information content (AvgIpc) is 3.39. The van der Waals surface area contributed by atoms with Crippen molar-refractivity contribution in [2.45, 2.75) is 0 Å². The first kappa shape index (κ1) is 37.7. The third-order valence-corrected chi connectivity index (χ3v) is 13.2. The fraction of sp³-hybridized carbons (Fsp3) is 0. The maximum Gasteiger partial charge on any atom is 0.160 e. The van der Waals surface area contributed by atoms with E-state index in [1.165, 1.54) is 26.9 Å². The van der Waals surface area contributed by atoms with E-state index < -0.39 is 0 Å². The van der Waals surface area contributed by atoms with E-state index in [1.807, 2.05) is 6.07 Å². The van der Waals surface area contributed by atoms with Crippen LogP contribution in [-0.4, -0.2) is 15.0 Å². The molecule has 0 atom stereocenters. The van der Waals surface area contributed by atoms with Gasteiger partial charge < -0.3 is 0 Å². The number of hydrogen-bond donors (Lipinski definition) is 0. The molecule has 0 aliphatic heterocycles. The van der Waals surface area contributed by atoms with Crippen LogP contribution in [0.3, 0.4) is 0 Å². The van der Waals surface area contributed by atoms with Crippen LogP contribution in [0.5, 0.6) is 0 Å². The molecule has 0 fully saturated rings. The van der Waals surface area contributed by atoms with Gasteiger partial charge >= 0.3 is 0 Å². The Morgan fingerprint density at radius 1 is 0.242 bits per heavy atom. The van der Waals surface area contributed by atoms with Gasteiger partial charge in [-0.25, -0.2) is 15.0 Å². The number of hydrogen-bond acceptors (Lipinski definition) is 3. The van der Waals surface area contributed by atoms with E-state index in [1.54, 1.807) is 0 Å². The molecule has 66 heavy (non-hydrogen) atoms. The van der Waals surface area contributed by atoms with Crippen LogP contribution in [0.4, 0.5) is 0 Å². The molecule has 0 N–H and O–H groups in total. The summed E-state index contributed by atoms with van der Waals surface area (Å²) in [4.78, 5) is 16.5. The number of fused-ring (bicyclic) bond motifs is 8. The molecule has 13 rings (SSSR count). The van der Waals surface area contributed by atoms with Crippen molar-refractivity contribution in [3.63, 3.8) is 0 Å². The molecule has 11 aromatic carbocycles. The maximum absolute atomic E-state index is 5.53. The van der Waals surface area contributed by atoms with E-state index in [2.05, 4.69) is 231 Å². The van der Waals surface area contributed by atoms with Gasteiger partial charge in [0.05, 0.1) is 22.6 Å². The summed E-state index contributed by atoms with van der Waals surface area (Å²) in [6.07, 6.45) is 0. The second-order valence-electron chi connectivity index (χ2n) is 17.0. The number of rotatable bonds is 6. The number of pyridine rings is 1. The van der Waals surface area contributed by atoms with Gasteiger partial charge in [0.15, 0.2) is 5.82 Å². The Bertz CT molecular complexity index is 3930. The van der Waals surface area contributed by atoms with E-state index in [9.17, 15) is 0 Å². The summed E-state index contributed by atoms with van der Waals surface area (Å²) < 4.78 is 0. The molecule has 0 aliphatic carbocycles. The molecule has 0 unspecified atom stereocenters. The van der Waals surface area contributed by atoms with Gasteiger partial charge in [0.2, 0.25) is 0 Å². The summed E-state index contributed by atoms with van der Waals surface area (Å²) in [7, 11) is 0. The normalized spacial score (nSPS) is 11.6. The highest BCUT2D eigenvalue weighted by molar-refractivity contribution is 6.25. The van der Waals surface area contributed by atoms with Gasteiger partial charge in [-0.05, 0) is 78.0 Å². The zero-order valence-electron chi connectivity index (χ0n) is 35.9. The van der Waals surface area contributed by atoms with Gasteiger partial charge in [0.25, 0.3) is 0 Å². The molecule has 0 radical (unpaired) electrons. The van der Waals surface area contributed by atoms with E-state index in [0.29, 0.717) is 5.82 Å². The van der Waals surface area contributed by atoms with Gasteiger partial charge in [-0.1, -0.05) is 218 Å². The Morgan fingerprint density at radius 3 is 1.44 bits per heavy atom. The summed E-state index contributed by atoms with van der Waals surface area (Å²) >= 11 is 0. The first-order valence-electron chi connectivity index (χ1n) is 22.5. The van der Waals surface area contributed by atoms with Crippen molar-refractivity contribution in [2.24, 2.45) is 0 Å². The van der Waals surface area contributed by atoms with Crippen LogP contribution in [-0.2, 0) is 0 Å². The Labute approximate surface area is 382 Å². The Kier molecular flexibility index (Phi) is 8.85. The van der Waals surface area contributed by atoms with Crippen molar-refractivity contribution in [3.8, 4) is 67.4 Å². The van der Waals surface area contributed by atoms with Crippen molar-refractivity contribution >= 4 is 64.8 Å². The van der Waals surface area contributed by atoms with E-state index >= 15 is 0 Å². The Morgan fingerprint density at radius 2 is 0.758 bits per heavy atom. The molecular weight excluding hydrogens is 799 g/mol. The van der Waals surface area contributed by atoms with Gasteiger partial charge in [-0.2, -0.15) is 0 Å². The molecule has 2 heterocycles. The SMILES string of the molecule is c1ccc(-c2nc(-c3cccc4ccccc34)c(-c3ccc(-c4cc5c(-c6ccc7ccccc7c6)nc6ccccc6c5c5ccccc45)cc3)c(-c3cccc4ccccc34)n2)cc1. The highest BCUT2D eigenvalue weighted by Gasteiger charge is 2.23. The fourth-order valence-electron chi connectivity index (χ4n) is 10.1. The second-order valence-corrected chi connectivity index (χ2v) is 17.0. The zero-order valence-corrected chi connectivity index (χ0v) is 35.9. The smallest absolute Gasteiger partial charge is 0.160 e. The molecule has 0 bridgehead atoms. The van der Waals surface area contributed by atoms with Gasteiger partial charge in [0.1, 0.15) is 0 Å². The minimum Gasteiger partial charge on any atom is -0.247 e. The van der Waals surface area contributed by atoms with E-state index in [4.69, 9.17) is 15.0 Å². The minimum absolute atomic E-state index is 0.688. The second kappa shape index (κ2) is 15.5. The third kappa shape index (κ3) is 6.24. The van der Waals surface area contributed by atoms with Crippen LogP contribution >= 0.6 is 0 Å². The van der Waals surface area contributed by atoms with Crippen LogP contribution in [0, 0.1) is 0 Å². The summed E-state index contributed by atoms with van der Waals surface area (Å²) in [6, 6.07) is 84.7. The molecule has 0 saturated heterocycles. The minimum atomic E-state index is 0.688. The summed E-state index contributed by atoms with van der Waals surface area (Å²) in [5.41, 5.74) is 12.3. The van der Waals surface area contributed by atoms with E-state index in [0.717, 1.165) is 99.4 Å². The lowest BCUT2D eigenvalue weighted by Crippen LogP contribution is -2.01. The highest BCUT2D eigenvalue weighted by atomic mass is 14.9. The van der Waals surface area contributed by atoms with Crippen molar-refractivity contribution in [2.75, 3.05) is 0 Å². The summed E-state index contributed by atoms with van der Waals surface area (Å²) in [5.74, 6) is 0.688. The van der Waals surface area contributed by atoms with Gasteiger partial charge in [-0.15, -0.1) is 0 Å². The quantitative estimate of drug-likeness (QED) is 0.157. The van der Waals surface area contributed by atoms with Crippen molar-refractivity contribution in [1.29, 1.82) is 0 Å². The molecule has 0 spiro atoms. The number of nitrogens with zero attached hydrogens (tertiary/aromatic N) is 3. The third-order valence-electron chi connectivity index (χ3n) is 13.2. The lowest BCUT2D eigenvalue weighted by atomic mass is 9.88. The number of benzene rings is 11. The first-order valence-corrected chi connectivity index (χ1v) is 22.5. The standard InChI is InChI=1S/C63H39N3/c1-2-19-45(20-3-1)63-65-61(52-29-14-22-41-17-6-8-24-48(41)52)58(62(66-63)53-30-15-23-42-18-7-9-25-49(42)53)44-35-33-43(34-36-44)55-39-56-59(51-27-11-10-26-50(51)55)54-28-12-13-31-57(54)64-60(56)47-37-32-40-16-4-5-21-46(40)38-47/h1-39H. The fourth-order valence-corrected chi connectivity index (χ4v) is 10.1. The van der Waals surface area contributed by atoms with Crippen molar-refractivity contribution in [3.05, 3.63) is 237 Å². The Balaban J connectivity index is 1.07. The molecule has 3 nitrogen and oxygen atoms in total. The van der Waals surface area contributed by atoms with Gasteiger partial charge in [0, 0.05) is 44.0 Å². The highest BCUT2D eigenvalue weighted by Crippen LogP contribution is 2.46. The average molecular weight is 838 g/mol. The first-order chi connectivity index (χ1) is 32.7. The molecule has 306 valence electrons. The predicted molar refractivity (Wildman–Crippen MR) is 277 cm³/mol. The molecule has 3 heteroatoms. The molecule has 2 aromatic heterocycles. The molecule has 0 amide bonds. The van der Waals surface area contributed by atoms with Crippen LogP contribution in [0.2, 0.25) is 0 Å².